The van der Waals surface area contributed by atoms with Gasteiger partial charge in [0, 0.05) is 30.9 Å². The number of fused-ring (bicyclic) bond motifs is 1. The van der Waals surface area contributed by atoms with E-state index in [1.54, 1.807) is 20.4 Å². The Morgan fingerprint density at radius 1 is 1.08 bits per heavy atom. The summed E-state index contributed by atoms with van der Waals surface area (Å²) in [4.78, 5) is 6.78. The van der Waals surface area contributed by atoms with Crippen molar-refractivity contribution in [3.63, 3.8) is 0 Å². The molecule has 3 heterocycles. The van der Waals surface area contributed by atoms with Crippen LogP contribution in [0, 0.1) is 0 Å². The third-order valence-electron chi connectivity index (χ3n) is 4.87. The van der Waals surface area contributed by atoms with Crippen LogP contribution in [0.15, 0.2) is 36.7 Å². The fraction of sp³-hybridized carbons (Fsp3) is 0.368. The number of aromatic nitrogens is 3. The van der Waals surface area contributed by atoms with E-state index in [-0.39, 0.29) is 6.10 Å². The molecule has 3 aromatic rings. The highest BCUT2D eigenvalue weighted by molar-refractivity contribution is 5.82. The van der Waals surface area contributed by atoms with Gasteiger partial charge in [0.15, 0.2) is 5.65 Å². The van der Waals surface area contributed by atoms with E-state index in [4.69, 9.17) is 9.47 Å². The zero-order valence-corrected chi connectivity index (χ0v) is 14.9. The Bertz CT molecular complexity index is 916. The number of hydrogen-bond donors (Lipinski definition) is 1. The Morgan fingerprint density at radius 3 is 2.62 bits per heavy atom. The van der Waals surface area contributed by atoms with Crippen molar-refractivity contribution in [3.05, 3.63) is 36.7 Å². The molecule has 7 heteroatoms. The molecule has 136 valence electrons. The zero-order chi connectivity index (χ0) is 18.1. The first-order chi connectivity index (χ1) is 12.7. The number of nitrogens with zero attached hydrogens (tertiary/aromatic N) is 4. The van der Waals surface area contributed by atoms with E-state index in [9.17, 15) is 5.11 Å². The average molecular weight is 354 g/mol. The lowest BCUT2D eigenvalue weighted by atomic mass is 10.1. The van der Waals surface area contributed by atoms with E-state index in [1.165, 1.54) is 0 Å². The Labute approximate surface area is 151 Å². The first kappa shape index (κ1) is 16.7. The smallest absolute Gasteiger partial charge is 0.165 e. The summed E-state index contributed by atoms with van der Waals surface area (Å²) in [5, 5.41) is 14.3. The van der Waals surface area contributed by atoms with E-state index in [1.807, 2.05) is 35.0 Å². The number of methoxy groups -OCH3 is 2. The predicted octanol–water partition coefficient (Wildman–Crippen LogP) is 2.37. The van der Waals surface area contributed by atoms with Gasteiger partial charge >= 0.3 is 0 Å². The van der Waals surface area contributed by atoms with Gasteiger partial charge in [-0.25, -0.2) is 4.98 Å². The molecule has 2 aromatic heterocycles. The molecule has 0 atom stereocenters. The zero-order valence-electron chi connectivity index (χ0n) is 14.9. The van der Waals surface area contributed by atoms with E-state index in [2.05, 4.69) is 15.0 Å². The third-order valence-corrected chi connectivity index (χ3v) is 4.87. The van der Waals surface area contributed by atoms with E-state index in [0.717, 1.165) is 54.3 Å². The van der Waals surface area contributed by atoms with Crippen molar-refractivity contribution in [1.29, 1.82) is 0 Å². The molecule has 0 saturated carbocycles. The molecule has 0 unspecified atom stereocenters. The maximum atomic E-state index is 9.75. The summed E-state index contributed by atoms with van der Waals surface area (Å²) in [5.41, 5.74) is 2.60. The van der Waals surface area contributed by atoms with Crippen LogP contribution in [0.4, 0.5) is 5.82 Å². The lowest BCUT2D eigenvalue weighted by molar-refractivity contribution is 0.145. The van der Waals surface area contributed by atoms with Gasteiger partial charge in [0.1, 0.15) is 17.3 Å². The minimum atomic E-state index is -0.208. The van der Waals surface area contributed by atoms with E-state index >= 15 is 0 Å². The first-order valence-electron chi connectivity index (χ1n) is 8.69. The van der Waals surface area contributed by atoms with Crippen molar-refractivity contribution in [2.45, 2.75) is 18.9 Å². The normalized spacial score (nSPS) is 15.4. The monoisotopic (exact) mass is 354 g/mol. The Morgan fingerprint density at radius 2 is 1.88 bits per heavy atom. The van der Waals surface area contributed by atoms with Crippen molar-refractivity contribution in [2.75, 3.05) is 32.2 Å². The van der Waals surface area contributed by atoms with Gasteiger partial charge in [0.05, 0.1) is 32.1 Å². The number of benzene rings is 1. The highest BCUT2D eigenvalue weighted by atomic mass is 16.5. The van der Waals surface area contributed by atoms with Crippen LogP contribution in [-0.4, -0.2) is 53.1 Å². The Hall–Kier alpha value is -2.80. The topological polar surface area (TPSA) is 72.1 Å². The second-order valence-corrected chi connectivity index (χ2v) is 6.38. The SMILES string of the molecule is COc1ccc(-c2cnn3c(N4CCC(O)CC4)ccnc23)c(OC)c1. The third kappa shape index (κ3) is 2.84. The van der Waals surface area contributed by atoms with Crippen molar-refractivity contribution in [3.8, 4) is 22.6 Å². The molecule has 0 spiro atoms. The number of anilines is 1. The molecular formula is C19H22N4O3. The number of piperidine rings is 1. The Balaban J connectivity index is 1.78. The summed E-state index contributed by atoms with van der Waals surface area (Å²) in [6.45, 7) is 1.61. The van der Waals surface area contributed by atoms with Gasteiger partial charge in [-0.1, -0.05) is 0 Å². The molecular weight excluding hydrogens is 332 g/mol. The fourth-order valence-corrected chi connectivity index (χ4v) is 3.42. The van der Waals surface area contributed by atoms with Crippen molar-refractivity contribution in [1.82, 2.24) is 14.6 Å². The highest BCUT2D eigenvalue weighted by Gasteiger charge is 2.21. The maximum absolute atomic E-state index is 9.75. The number of aliphatic hydroxyl groups excluding tert-OH is 1. The molecule has 1 aromatic carbocycles. The summed E-state index contributed by atoms with van der Waals surface area (Å²) in [5.74, 6) is 2.44. The van der Waals surface area contributed by atoms with Crippen LogP contribution in [-0.2, 0) is 0 Å². The van der Waals surface area contributed by atoms with Gasteiger partial charge in [-0.05, 0) is 31.0 Å². The summed E-state index contributed by atoms with van der Waals surface area (Å²) in [6.07, 6.45) is 4.95. The van der Waals surface area contributed by atoms with Crippen LogP contribution in [0.1, 0.15) is 12.8 Å². The lowest BCUT2D eigenvalue weighted by Crippen LogP contribution is -2.36. The summed E-state index contributed by atoms with van der Waals surface area (Å²) >= 11 is 0. The quantitative estimate of drug-likeness (QED) is 0.776. The van der Waals surface area contributed by atoms with Crippen LogP contribution in [0.5, 0.6) is 11.5 Å². The number of aliphatic hydroxyl groups is 1. The molecule has 0 bridgehead atoms. The summed E-state index contributed by atoms with van der Waals surface area (Å²) in [6, 6.07) is 7.68. The van der Waals surface area contributed by atoms with Gasteiger partial charge in [0.2, 0.25) is 0 Å². The average Bonchev–Trinajstić information content (AvgIpc) is 3.12. The van der Waals surface area contributed by atoms with Crippen molar-refractivity contribution in [2.24, 2.45) is 0 Å². The van der Waals surface area contributed by atoms with Crippen LogP contribution in [0.25, 0.3) is 16.8 Å². The molecule has 1 aliphatic rings. The fourth-order valence-electron chi connectivity index (χ4n) is 3.42. The van der Waals surface area contributed by atoms with Crippen LogP contribution in [0.2, 0.25) is 0 Å². The van der Waals surface area contributed by atoms with Crippen LogP contribution < -0.4 is 14.4 Å². The molecule has 26 heavy (non-hydrogen) atoms. The molecule has 0 aliphatic carbocycles. The van der Waals surface area contributed by atoms with Gasteiger partial charge < -0.3 is 19.5 Å². The summed E-state index contributed by atoms with van der Waals surface area (Å²) in [7, 11) is 3.27. The predicted molar refractivity (Wildman–Crippen MR) is 99.0 cm³/mol. The summed E-state index contributed by atoms with van der Waals surface area (Å²) < 4.78 is 12.7. The molecule has 0 amide bonds. The van der Waals surface area contributed by atoms with Gasteiger partial charge in [-0.3, -0.25) is 0 Å². The first-order valence-corrected chi connectivity index (χ1v) is 8.69. The minimum Gasteiger partial charge on any atom is -0.497 e. The number of ether oxygens (including phenoxy) is 2. The second-order valence-electron chi connectivity index (χ2n) is 6.38. The van der Waals surface area contributed by atoms with Gasteiger partial charge in [-0.2, -0.15) is 9.61 Å². The largest absolute Gasteiger partial charge is 0.497 e. The molecule has 4 rings (SSSR count). The van der Waals surface area contributed by atoms with Gasteiger partial charge in [0.25, 0.3) is 0 Å². The number of hydrogen-bond acceptors (Lipinski definition) is 6. The lowest BCUT2D eigenvalue weighted by Gasteiger charge is -2.31. The van der Waals surface area contributed by atoms with Crippen molar-refractivity contribution < 1.29 is 14.6 Å². The molecule has 7 nitrogen and oxygen atoms in total. The molecule has 0 radical (unpaired) electrons. The van der Waals surface area contributed by atoms with E-state index in [0.29, 0.717) is 5.75 Å². The molecule has 1 N–H and O–H groups in total. The van der Waals surface area contributed by atoms with Crippen LogP contribution in [0.3, 0.4) is 0 Å². The van der Waals surface area contributed by atoms with Crippen LogP contribution >= 0.6 is 0 Å². The Kier molecular flexibility index (Phi) is 4.38. The highest BCUT2D eigenvalue weighted by Crippen LogP contribution is 2.35. The maximum Gasteiger partial charge on any atom is 0.165 e. The second kappa shape index (κ2) is 6.84. The van der Waals surface area contributed by atoms with E-state index < -0.39 is 0 Å². The molecule has 1 saturated heterocycles. The molecule has 1 fully saturated rings. The van der Waals surface area contributed by atoms with Gasteiger partial charge in [-0.15, -0.1) is 0 Å². The minimum absolute atomic E-state index is 0.208. The standard InChI is InChI=1S/C19H22N4O3/c1-25-14-3-4-15(17(11-14)26-2)16-12-21-23-18(5-8-20-19(16)23)22-9-6-13(24)7-10-22/h3-5,8,11-13,24H,6-7,9-10H2,1-2H3. The molecule has 1 aliphatic heterocycles. The van der Waals surface area contributed by atoms with Crippen molar-refractivity contribution >= 4 is 11.5 Å². The number of rotatable bonds is 4.